The Morgan fingerprint density at radius 2 is 2.17 bits per heavy atom. The average Bonchev–Trinajstić information content (AvgIpc) is 2.80. The third-order valence-electron chi connectivity index (χ3n) is 2.37. The maximum absolute atomic E-state index is 8.98. The summed E-state index contributed by atoms with van der Waals surface area (Å²) in [5, 5.41) is 17.8. The number of hydrogen-bond acceptors (Lipinski definition) is 6. The number of imidazole rings is 1. The molecule has 7 nitrogen and oxygen atoms in total. The van der Waals surface area contributed by atoms with Gasteiger partial charge in [0.05, 0.1) is 24.3 Å². The van der Waals surface area contributed by atoms with Crippen LogP contribution in [0.15, 0.2) is 24.7 Å². The Morgan fingerprint density at radius 1 is 1.33 bits per heavy atom. The van der Waals surface area contributed by atoms with Crippen LogP contribution in [0.2, 0.25) is 0 Å². The summed E-state index contributed by atoms with van der Waals surface area (Å²) in [6.07, 6.45) is 3.06. The van der Waals surface area contributed by atoms with Gasteiger partial charge in [0, 0.05) is 6.20 Å². The zero-order chi connectivity index (χ0) is 13.0. The summed E-state index contributed by atoms with van der Waals surface area (Å²) in [5.74, 6) is 5.30. The SMILES string of the molecule is N#Cc1ncn(Cc2cc(NN)ccn2)c1C#N. The molecule has 0 amide bonds. The maximum atomic E-state index is 8.98. The van der Waals surface area contributed by atoms with Gasteiger partial charge in [0.15, 0.2) is 11.4 Å². The lowest BCUT2D eigenvalue weighted by Gasteiger charge is -2.05. The molecule has 2 aromatic rings. The molecule has 2 rings (SSSR count). The van der Waals surface area contributed by atoms with Gasteiger partial charge in [-0.25, -0.2) is 4.98 Å². The van der Waals surface area contributed by atoms with Gasteiger partial charge in [0.1, 0.15) is 12.1 Å². The van der Waals surface area contributed by atoms with Crippen LogP contribution in [0.3, 0.4) is 0 Å². The van der Waals surface area contributed by atoms with Gasteiger partial charge in [0.25, 0.3) is 0 Å². The van der Waals surface area contributed by atoms with E-state index < -0.39 is 0 Å². The van der Waals surface area contributed by atoms with Gasteiger partial charge in [-0.1, -0.05) is 0 Å². The van der Waals surface area contributed by atoms with Gasteiger partial charge in [-0.2, -0.15) is 10.5 Å². The summed E-state index contributed by atoms with van der Waals surface area (Å²) >= 11 is 0. The first-order valence-corrected chi connectivity index (χ1v) is 5.05. The van der Waals surface area contributed by atoms with Crippen LogP contribution >= 0.6 is 0 Å². The second-order valence-corrected chi connectivity index (χ2v) is 3.47. The van der Waals surface area contributed by atoms with Crippen molar-refractivity contribution in [2.45, 2.75) is 6.54 Å². The van der Waals surface area contributed by atoms with Crippen LogP contribution in [0.4, 0.5) is 5.69 Å². The lowest BCUT2D eigenvalue weighted by atomic mass is 10.3. The predicted molar refractivity (Wildman–Crippen MR) is 62.8 cm³/mol. The Bertz CT molecular complexity index is 644. The number of nitrogens with zero attached hydrogens (tertiary/aromatic N) is 5. The van der Waals surface area contributed by atoms with E-state index in [0.29, 0.717) is 12.2 Å². The first-order chi connectivity index (χ1) is 8.78. The monoisotopic (exact) mass is 239 g/mol. The normalized spacial score (nSPS) is 9.50. The summed E-state index contributed by atoms with van der Waals surface area (Å²) in [7, 11) is 0. The predicted octanol–water partition coefficient (Wildman–Crippen LogP) is 0.355. The average molecular weight is 239 g/mol. The summed E-state index contributed by atoms with van der Waals surface area (Å²) in [4.78, 5) is 8.01. The minimum absolute atomic E-state index is 0.116. The molecule has 2 aromatic heterocycles. The highest BCUT2D eigenvalue weighted by Crippen LogP contribution is 2.11. The van der Waals surface area contributed by atoms with Crippen LogP contribution in [0.25, 0.3) is 0 Å². The van der Waals surface area contributed by atoms with Crippen molar-refractivity contribution in [2.24, 2.45) is 5.84 Å². The highest BCUT2D eigenvalue weighted by Gasteiger charge is 2.10. The maximum Gasteiger partial charge on any atom is 0.176 e. The van der Waals surface area contributed by atoms with Crippen molar-refractivity contribution in [2.75, 3.05) is 5.43 Å². The van der Waals surface area contributed by atoms with E-state index >= 15 is 0 Å². The Hall–Kier alpha value is -2.90. The van der Waals surface area contributed by atoms with E-state index in [-0.39, 0.29) is 11.4 Å². The molecule has 0 aliphatic heterocycles. The topological polar surface area (TPSA) is 116 Å². The standard InChI is InChI=1S/C11H9N7/c12-4-10-11(5-13)18(7-16-10)6-9-3-8(17-14)1-2-15-9/h1-3,7H,6,14H2,(H,15,17). The van der Waals surface area contributed by atoms with Crippen molar-refractivity contribution in [1.82, 2.24) is 14.5 Å². The number of nitrogen functional groups attached to an aromatic ring is 1. The number of hydrazine groups is 1. The van der Waals surface area contributed by atoms with E-state index in [1.54, 1.807) is 22.9 Å². The van der Waals surface area contributed by atoms with Gasteiger partial charge in [-0.3, -0.25) is 10.8 Å². The summed E-state index contributed by atoms with van der Waals surface area (Å²) in [6.45, 7) is 0.354. The third kappa shape index (κ3) is 2.12. The molecule has 0 unspecified atom stereocenters. The largest absolute Gasteiger partial charge is 0.324 e. The number of hydrogen-bond donors (Lipinski definition) is 2. The molecule has 7 heteroatoms. The highest BCUT2D eigenvalue weighted by atomic mass is 15.2. The van der Waals surface area contributed by atoms with E-state index in [1.807, 2.05) is 12.1 Å². The number of aromatic nitrogens is 3. The van der Waals surface area contributed by atoms with Crippen molar-refractivity contribution in [3.05, 3.63) is 41.7 Å². The summed E-state index contributed by atoms with van der Waals surface area (Å²) in [6, 6.07) is 7.30. The van der Waals surface area contributed by atoms with E-state index in [9.17, 15) is 0 Å². The van der Waals surface area contributed by atoms with Crippen LogP contribution in [-0.4, -0.2) is 14.5 Å². The van der Waals surface area contributed by atoms with E-state index in [2.05, 4.69) is 15.4 Å². The first kappa shape index (κ1) is 11.6. The lowest BCUT2D eigenvalue weighted by Crippen LogP contribution is -2.08. The fourth-order valence-electron chi connectivity index (χ4n) is 1.53. The molecule has 0 spiro atoms. The highest BCUT2D eigenvalue weighted by molar-refractivity contribution is 5.42. The van der Waals surface area contributed by atoms with Gasteiger partial charge in [-0.15, -0.1) is 0 Å². The molecule has 0 aliphatic carbocycles. The van der Waals surface area contributed by atoms with Crippen molar-refractivity contribution in [1.29, 1.82) is 10.5 Å². The zero-order valence-corrected chi connectivity index (χ0v) is 9.33. The summed E-state index contributed by atoms with van der Waals surface area (Å²) < 4.78 is 1.57. The van der Waals surface area contributed by atoms with Crippen LogP contribution in [0.5, 0.6) is 0 Å². The van der Waals surface area contributed by atoms with E-state index in [1.165, 1.54) is 6.33 Å². The Balaban J connectivity index is 2.32. The number of anilines is 1. The number of pyridine rings is 1. The molecule has 0 saturated heterocycles. The molecule has 0 fully saturated rings. The molecular weight excluding hydrogens is 230 g/mol. The van der Waals surface area contributed by atoms with Crippen molar-refractivity contribution in [3.63, 3.8) is 0 Å². The Morgan fingerprint density at radius 3 is 2.83 bits per heavy atom. The molecule has 0 bridgehead atoms. The van der Waals surface area contributed by atoms with Gasteiger partial charge >= 0.3 is 0 Å². The molecule has 3 N–H and O–H groups in total. The first-order valence-electron chi connectivity index (χ1n) is 5.05. The number of nitrogens with one attached hydrogen (secondary N) is 1. The zero-order valence-electron chi connectivity index (χ0n) is 9.33. The van der Waals surface area contributed by atoms with Crippen LogP contribution in [-0.2, 0) is 6.54 Å². The molecule has 0 saturated carbocycles. The third-order valence-corrected chi connectivity index (χ3v) is 2.37. The molecule has 0 aliphatic rings. The number of nitrogens with two attached hydrogens (primary N) is 1. The smallest absolute Gasteiger partial charge is 0.176 e. The second kappa shape index (κ2) is 4.95. The van der Waals surface area contributed by atoms with Crippen molar-refractivity contribution < 1.29 is 0 Å². The number of nitriles is 2. The van der Waals surface area contributed by atoms with Crippen molar-refractivity contribution >= 4 is 5.69 Å². The van der Waals surface area contributed by atoms with E-state index in [0.717, 1.165) is 5.69 Å². The Kier molecular flexibility index (Phi) is 3.19. The Labute approximate surface area is 103 Å². The van der Waals surface area contributed by atoms with Crippen LogP contribution in [0, 0.1) is 22.7 Å². The molecule has 2 heterocycles. The molecule has 18 heavy (non-hydrogen) atoms. The quantitative estimate of drug-likeness (QED) is 0.589. The van der Waals surface area contributed by atoms with Crippen LogP contribution in [0.1, 0.15) is 17.1 Å². The van der Waals surface area contributed by atoms with Gasteiger partial charge in [-0.05, 0) is 12.1 Å². The van der Waals surface area contributed by atoms with E-state index in [4.69, 9.17) is 16.4 Å². The van der Waals surface area contributed by atoms with Gasteiger partial charge < -0.3 is 9.99 Å². The molecule has 88 valence electrons. The fourth-order valence-corrected chi connectivity index (χ4v) is 1.53. The van der Waals surface area contributed by atoms with Gasteiger partial charge in [0.2, 0.25) is 0 Å². The molecule has 0 aromatic carbocycles. The minimum Gasteiger partial charge on any atom is -0.324 e. The molecular formula is C11H9N7. The minimum atomic E-state index is 0.116. The van der Waals surface area contributed by atoms with Crippen LogP contribution < -0.4 is 11.3 Å². The number of rotatable bonds is 3. The molecule has 0 radical (unpaired) electrons. The molecule has 0 atom stereocenters. The fraction of sp³-hybridized carbons (Fsp3) is 0.0909. The summed E-state index contributed by atoms with van der Waals surface area (Å²) in [5.41, 5.74) is 4.29. The lowest BCUT2D eigenvalue weighted by molar-refractivity contribution is 0.763. The van der Waals surface area contributed by atoms with Crippen molar-refractivity contribution in [3.8, 4) is 12.1 Å². The second-order valence-electron chi connectivity index (χ2n) is 3.47.